The summed E-state index contributed by atoms with van der Waals surface area (Å²) in [7, 11) is 0. The second-order valence-corrected chi connectivity index (χ2v) is 6.93. The Balaban J connectivity index is 3.06. The molecule has 0 spiro atoms. The Labute approximate surface area is 150 Å². The molecular formula is C21H42O3. The van der Waals surface area contributed by atoms with Crippen molar-refractivity contribution in [2.45, 2.75) is 109 Å². The highest BCUT2D eigenvalue weighted by atomic mass is 16.5. The molecule has 1 unspecified atom stereocenters. The van der Waals surface area contributed by atoms with E-state index in [4.69, 9.17) is 14.9 Å². The summed E-state index contributed by atoms with van der Waals surface area (Å²) in [5.41, 5.74) is 0. The second kappa shape index (κ2) is 20.5. The molecule has 0 bridgehead atoms. The van der Waals surface area contributed by atoms with Gasteiger partial charge in [-0.2, -0.15) is 0 Å². The summed E-state index contributed by atoms with van der Waals surface area (Å²) in [6.45, 7) is 2.21. The summed E-state index contributed by atoms with van der Waals surface area (Å²) in [6, 6.07) is 0. The lowest BCUT2D eigenvalue weighted by Gasteiger charge is -2.05. The average Bonchev–Trinajstić information content (AvgIpc) is 2.60. The topological polar surface area (TPSA) is 49.7 Å². The average molecular weight is 343 g/mol. The lowest BCUT2D eigenvalue weighted by atomic mass is 10.0. The Kier molecular flexibility index (Phi) is 20.0. The molecule has 0 aliphatic carbocycles. The van der Waals surface area contributed by atoms with Crippen LogP contribution in [0.1, 0.15) is 103 Å². The number of aliphatic hydroxyl groups is 2. The van der Waals surface area contributed by atoms with Crippen LogP contribution in [0, 0.1) is 0 Å². The van der Waals surface area contributed by atoms with Crippen LogP contribution in [0.25, 0.3) is 0 Å². The van der Waals surface area contributed by atoms with Gasteiger partial charge in [0.2, 0.25) is 0 Å². The van der Waals surface area contributed by atoms with Gasteiger partial charge in [0.1, 0.15) is 12.7 Å². The molecule has 0 aliphatic rings. The molecule has 0 radical (unpaired) electrons. The minimum Gasteiger partial charge on any atom is -0.499 e. The Morgan fingerprint density at radius 2 is 1.21 bits per heavy atom. The molecule has 0 saturated heterocycles. The fourth-order valence-corrected chi connectivity index (χ4v) is 2.81. The van der Waals surface area contributed by atoms with Crippen LogP contribution in [0.5, 0.6) is 0 Å². The summed E-state index contributed by atoms with van der Waals surface area (Å²) in [5, 5.41) is 17.7. The van der Waals surface area contributed by atoms with Crippen molar-refractivity contribution >= 4 is 0 Å². The first-order valence-corrected chi connectivity index (χ1v) is 10.4. The van der Waals surface area contributed by atoms with E-state index in [1.807, 2.05) is 6.08 Å². The number of ether oxygens (including phenoxy) is 1. The van der Waals surface area contributed by atoms with E-state index in [1.54, 1.807) is 6.26 Å². The molecule has 2 N–H and O–H groups in total. The van der Waals surface area contributed by atoms with Crippen LogP contribution in [0.3, 0.4) is 0 Å². The summed E-state index contributed by atoms with van der Waals surface area (Å²) in [5.74, 6) is 0. The van der Waals surface area contributed by atoms with E-state index in [-0.39, 0.29) is 13.2 Å². The maximum atomic E-state index is 9.08. The molecule has 0 fully saturated rings. The van der Waals surface area contributed by atoms with Crippen molar-refractivity contribution < 1.29 is 14.9 Å². The molecule has 1 atom stereocenters. The molecule has 0 aromatic heterocycles. The van der Waals surface area contributed by atoms with Gasteiger partial charge in [0, 0.05) is 0 Å². The zero-order valence-corrected chi connectivity index (χ0v) is 16.1. The molecular weight excluding hydrogens is 300 g/mol. The van der Waals surface area contributed by atoms with E-state index < -0.39 is 6.10 Å². The maximum Gasteiger partial charge on any atom is 0.115 e. The van der Waals surface area contributed by atoms with Crippen LogP contribution in [0.4, 0.5) is 0 Å². The van der Waals surface area contributed by atoms with Crippen molar-refractivity contribution in [1.29, 1.82) is 0 Å². The zero-order chi connectivity index (χ0) is 17.7. The van der Waals surface area contributed by atoms with Crippen LogP contribution < -0.4 is 0 Å². The fourth-order valence-electron chi connectivity index (χ4n) is 2.81. The highest BCUT2D eigenvalue weighted by molar-refractivity contribution is 4.73. The highest BCUT2D eigenvalue weighted by Gasteiger charge is 1.98. The van der Waals surface area contributed by atoms with Crippen LogP contribution in [0.2, 0.25) is 0 Å². The van der Waals surface area contributed by atoms with Crippen molar-refractivity contribution in [3.05, 3.63) is 12.3 Å². The minimum absolute atomic E-state index is 0.172. The zero-order valence-electron chi connectivity index (χ0n) is 16.1. The van der Waals surface area contributed by atoms with Gasteiger partial charge in [0.15, 0.2) is 0 Å². The molecule has 3 heteroatoms. The number of rotatable bonds is 19. The Hall–Kier alpha value is -0.540. The van der Waals surface area contributed by atoms with Gasteiger partial charge >= 0.3 is 0 Å². The van der Waals surface area contributed by atoms with Gasteiger partial charge in [0.25, 0.3) is 0 Å². The maximum absolute atomic E-state index is 9.08. The molecule has 0 amide bonds. The van der Waals surface area contributed by atoms with Crippen molar-refractivity contribution in [3.8, 4) is 0 Å². The minimum atomic E-state index is -0.768. The van der Waals surface area contributed by atoms with Crippen molar-refractivity contribution in [1.82, 2.24) is 0 Å². The van der Waals surface area contributed by atoms with Crippen molar-refractivity contribution in [3.63, 3.8) is 0 Å². The molecule has 0 aliphatic heterocycles. The van der Waals surface area contributed by atoms with E-state index in [2.05, 4.69) is 6.92 Å². The van der Waals surface area contributed by atoms with Crippen LogP contribution >= 0.6 is 0 Å². The van der Waals surface area contributed by atoms with E-state index in [0.717, 1.165) is 6.42 Å². The molecule has 0 saturated carbocycles. The summed E-state index contributed by atoms with van der Waals surface area (Å²) in [4.78, 5) is 0. The Morgan fingerprint density at radius 3 is 1.67 bits per heavy atom. The first-order chi connectivity index (χ1) is 11.8. The van der Waals surface area contributed by atoms with Crippen molar-refractivity contribution in [2.24, 2.45) is 0 Å². The normalized spacial score (nSPS) is 12.8. The first kappa shape index (κ1) is 23.5. The SMILES string of the molecule is CCCCCCCCCCCCCCCC/C=C\OCC(O)CO. The van der Waals surface area contributed by atoms with Gasteiger partial charge in [-0.3, -0.25) is 0 Å². The Bertz CT molecular complexity index is 253. The number of allylic oxidation sites excluding steroid dienone is 1. The van der Waals surface area contributed by atoms with Gasteiger partial charge in [-0.25, -0.2) is 0 Å². The van der Waals surface area contributed by atoms with Gasteiger partial charge in [-0.15, -0.1) is 0 Å². The third-order valence-corrected chi connectivity index (χ3v) is 4.42. The smallest absolute Gasteiger partial charge is 0.115 e. The molecule has 24 heavy (non-hydrogen) atoms. The van der Waals surface area contributed by atoms with Crippen LogP contribution in [-0.4, -0.2) is 29.5 Å². The fraction of sp³-hybridized carbons (Fsp3) is 0.905. The second-order valence-electron chi connectivity index (χ2n) is 6.93. The van der Waals surface area contributed by atoms with E-state index >= 15 is 0 Å². The summed E-state index contributed by atoms with van der Waals surface area (Å²) in [6.07, 6.45) is 23.3. The third kappa shape index (κ3) is 19.5. The summed E-state index contributed by atoms with van der Waals surface area (Å²) < 4.78 is 5.11. The Morgan fingerprint density at radius 1 is 0.750 bits per heavy atom. The van der Waals surface area contributed by atoms with Gasteiger partial charge in [-0.05, 0) is 18.9 Å². The lowest BCUT2D eigenvalue weighted by molar-refractivity contribution is 0.0383. The number of unbranched alkanes of at least 4 members (excludes halogenated alkanes) is 14. The van der Waals surface area contributed by atoms with Gasteiger partial charge < -0.3 is 14.9 Å². The molecule has 0 aromatic carbocycles. The molecule has 0 rings (SSSR count). The number of hydrogen-bond donors (Lipinski definition) is 2. The van der Waals surface area contributed by atoms with Crippen molar-refractivity contribution in [2.75, 3.05) is 13.2 Å². The van der Waals surface area contributed by atoms with Gasteiger partial charge in [0.05, 0.1) is 12.9 Å². The largest absolute Gasteiger partial charge is 0.499 e. The predicted octanol–water partition coefficient (Wildman–Crippen LogP) is 5.74. The molecule has 3 nitrogen and oxygen atoms in total. The molecule has 0 heterocycles. The van der Waals surface area contributed by atoms with Crippen LogP contribution in [-0.2, 0) is 4.74 Å². The highest BCUT2D eigenvalue weighted by Crippen LogP contribution is 2.13. The van der Waals surface area contributed by atoms with E-state index in [9.17, 15) is 0 Å². The van der Waals surface area contributed by atoms with E-state index in [0.29, 0.717) is 0 Å². The predicted molar refractivity (Wildman–Crippen MR) is 103 cm³/mol. The summed E-state index contributed by atoms with van der Waals surface area (Å²) >= 11 is 0. The number of aliphatic hydroxyl groups excluding tert-OH is 2. The standard InChI is InChI=1S/C21H42O3/c1-2-3-4-5-6-7-8-9-10-11-12-13-14-15-16-17-18-24-20-21(23)19-22/h17-18,21-23H,2-16,19-20H2,1H3/b18-17-. The van der Waals surface area contributed by atoms with Gasteiger partial charge in [-0.1, -0.05) is 90.4 Å². The number of hydrogen-bond acceptors (Lipinski definition) is 3. The van der Waals surface area contributed by atoms with Crippen LogP contribution in [0.15, 0.2) is 12.3 Å². The quantitative estimate of drug-likeness (QED) is 0.232. The van der Waals surface area contributed by atoms with E-state index in [1.165, 1.54) is 89.9 Å². The monoisotopic (exact) mass is 342 g/mol. The lowest BCUT2D eigenvalue weighted by Crippen LogP contribution is -2.17. The third-order valence-electron chi connectivity index (χ3n) is 4.42. The molecule has 144 valence electrons. The first-order valence-electron chi connectivity index (χ1n) is 10.4. The molecule has 0 aromatic rings.